The minimum Gasteiger partial charge on any atom is -0.355 e. The van der Waals surface area contributed by atoms with Crippen LogP contribution in [0.4, 0.5) is 11.4 Å². The van der Waals surface area contributed by atoms with E-state index >= 15 is 0 Å². The minimum atomic E-state index is -0.717. The molecule has 1 rings (SSSR count). The fourth-order valence-corrected chi connectivity index (χ4v) is 1.55. The third-order valence-electron chi connectivity index (χ3n) is 2.59. The number of nitrogens with zero attached hydrogens (tertiary/aromatic N) is 1. The molecule has 0 aromatic heterocycles. The Kier molecular flexibility index (Phi) is 6.08. The average molecular weight is 295 g/mol. The standard InChI is InChI=1S/C12H17N5O4/c1-2-5-14-11(18)7-15-12(19)9-6-8(16-13)3-4-10(9)17(20)21/h3-4,6,16H,2,5,7,13H2,1H3,(H,14,18)(H,15,19). The zero-order valence-corrected chi connectivity index (χ0v) is 11.5. The molecule has 0 atom stereocenters. The predicted molar refractivity (Wildman–Crippen MR) is 76.5 cm³/mol. The van der Waals surface area contributed by atoms with Gasteiger partial charge in [0, 0.05) is 18.3 Å². The molecule has 2 amide bonds. The van der Waals surface area contributed by atoms with Crippen molar-refractivity contribution >= 4 is 23.2 Å². The van der Waals surface area contributed by atoms with Gasteiger partial charge in [-0.25, -0.2) is 0 Å². The fraction of sp³-hybridized carbons (Fsp3) is 0.333. The number of nitrogens with two attached hydrogens (primary N) is 1. The van der Waals surface area contributed by atoms with Crippen molar-refractivity contribution in [3.05, 3.63) is 33.9 Å². The number of carbonyl (C=O) groups is 2. The lowest BCUT2D eigenvalue weighted by Gasteiger charge is -2.08. The molecule has 21 heavy (non-hydrogen) atoms. The lowest BCUT2D eigenvalue weighted by atomic mass is 10.1. The minimum absolute atomic E-state index is 0.168. The van der Waals surface area contributed by atoms with Gasteiger partial charge >= 0.3 is 0 Å². The molecular weight excluding hydrogens is 278 g/mol. The summed E-state index contributed by atoms with van der Waals surface area (Å²) in [5.41, 5.74) is 2.12. The first-order valence-electron chi connectivity index (χ1n) is 6.29. The summed E-state index contributed by atoms with van der Waals surface area (Å²) in [5, 5.41) is 15.8. The number of rotatable bonds is 7. The van der Waals surface area contributed by atoms with E-state index in [0.717, 1.165) is 6.42 Å². The molecule has 0 spiro atoms. The van der Waals surface area contributed by atoms with E-state index in [2.05, 4.69) is 16.1 Å². The van der Waals surface area contributed by atoms with Crippen molar-refractivity contribution in [2.24, 2.45) is 5.84 Å². The fourth-order valence-electron chi connectivity index (χ4n) is 1.55. The number of anilines is 1. The summed E-state index contributed by atoms with van der Waals surface area (Å²) in [5.74, 6) is 4.13. The number of amides is 2. The van der Waals surface area contributed by atoms with Crippen molar-refractivity contribution < 1.29 is 14.5 Å². The van der Waals surface area contributed by atoms with Crippen LogP contribution < -0.4 is 21.9 Å². The Balaban J connectivity index is 2.81. The highest BCUT2D eigenvalue weighted by Crippen LogP contribution is 2.22. The lowest BCUT2D eigenvalue weighted by molar-refractivity contribution is -0.385. The average Bonchev–Trinajstić information content (AvgIpc) is 2.49. The van der Waals surface area contributed by atoms with E-state index in [1.807, 2.05) is 6.92 Å². The monoisotopic (exact) mass is 295 g/mol. The molecule has 0 unspecified atom stereocenters. The van der Waals surface area contributed by atoms with Gasteiger partial charge in [0.2, 0.25) is 5.91 Å². The maximum absolute atomic E-state index is 12.0. The molecule has 9 nitrogen and oxygen atoms in total. The van der Waals surface area contributed by atoms with Gasteiger partial charge in [-0.1, -0.05) is 6.92 Å². The molecule has 0 aliphatic carbocycles. The van der Waals surface area contributed by atoms with Crippen LogP contribution in [0.5, 0.6) is 0 Å². The van der Waals surface area contributed by atoms with Gasteiger partial charge in [0.25, 0.3) is 11.6 Å². The highest BCUT2D eigenvalue weighted by Gasteiger charge is 2.20. The number of benzene rings is 1. The Hall–Kier alpha value is -2.68. The van der Waals surface area contributed by atoms with Crippen LogP contribution in [0.3, 0.4) is 0 Å². The molecule has 0 saturated heterocycles. The molecule has 0 radical (unpaired) electrons. The van der Waals surface area contributed by atoms with Crippen LogP contribution in [0, 0.1) is 10.1 Å². The summed E-state index contributed by atoms with van der Waals surface area (Å²) in [4.78, 5) is 33.6. The topological polar surface area (TPSA) is 139 Å². The molecule has 1 aromatic rings. The maximum Gasteiger partial charge on any atom is 0.282 e. The van der Waals surface area contributed by atoms with Gasteiger partial charge in [-0.15, -0.1) is 0 Å². The molecule has 0 saturated carbocycles. The Morgan fingerprint density at radius 2 is 2.05 bits per heavy atom. The molecule has 0 aliphatic heterocycles. The molecule has 9 heteroatoms. The zero-order chi connectivity index (χ0) is 15.8. The summed E-state index contributed by atoms with van der Waals surface area (Å²) in [6.45, 7) is 2.14. The van der Waals surface area contributed by atoms with Gasteiger partial charge < -0.3 is 16.1 Å². The van der Waals surface area contributed by atoms with E-state index in [0.29, 0.717) is 12.2 Å². The Morgan fingerprint density at radius 3 is 2.62 bits per heavy atom. The van der Waals surface area contributed by atoms with Gasteiger partial charge in [-0.2, -0.15) is 0 Å². The largest absolute Gasteiger partial charge is 0.355 e. The van der Waals surface area contributed by atoms with Crippen LogP contribution in [0.2, 0.25) is 0 Å². The molecule has 5 N–H and O–H groups in total. The van der Waals surface area contributed by atoms with Crippen molar-refractivity contribution in [1.29, 1.82) is 0 Å². The predicted octanol–water partition coefficient (Wildman–Crippen LogP) is 0.136. The molecule has 0 aliphatic rings. The van der Waals surface area contributed by atoms with Crippen LogP contribution in [0.1, 0.15) is 23.7 Å². The van der Waals surface area contributed by atoms with Crippen molar-refractivity contribution in [1.82, 2.24) is 10.6 Å². The van der Waals surface area contributed by atoms with Crippen LogP contribution >= 0.6 is 0 Å². The zero-order valence-electron chi connectivity index (χ0n) is 11.5. The summed E-state index contributed by atoms with van der Waals surface area (Å²) in [6.07, 6.45) is 0.773. The van der Waals surface area contributed by atoms with Gasteiger partial charge in [0.15, 0.2) is 0 Å². The first-order valence-corrected chi connectivity index (χ1v) is 6.29. The highest BCUT2D eigenvalue weighted by atomic mass is 16.6. The van der Waals surface area contributed by atoms with Gasteiger partial charge in [0.1, 0.15) is 5.56 Å². The first-order chi connectivity index (χ1) is 9.99. The number of nitrogens with one attached hydrogen (secondary N) is 3. The molecule has 0 bridgehead atoms. The number of nitrogen functional groups attached to an aromatic ring is 1. The lowest BCUT2D eigenvalue weighted by Crippen LogP contribution is -2.37. The van der Waals surface area contributed by atoms with E-state index in [1.54, 1.807) is 0 Å². The van der Waals surface area contributed by atoms with Crippen LogP contribution in [-0.2, 0) is 4.79 Å². The summed E-state index contributed by atoms with van der Waals surface area (Å²) < 4.78 is 0. The molecular formula is C12H17N5O4. The molecule has 1 aromatic carbocycles. The third kappa shape index (κ3) is 4.73. The number of hydrazine groups is 1. The van der Waals surface area contributed by atoms with E-state index in [9.17, 15) is 19.7 Å². The molecule has 114 valence electrons. The third-order valence-corrected chi connectivity index (χ3v) is 2.59. The SMILES string of the molecule is CCCNC(=O)CNC(=O)c1cc(NN)ccc1[N+](=O)[O-]. The number of carbonyl (C=O) groups excluding carboxylic acids is 2. The maximum atomic E-state index is 12.0. The number of hydrogen-bond acceptors (Lipinski definition) is 6. The summed E-state index contributed by atoms with van der Waals surface area (Å²) in [6, 6.07) is 3.79. The van der Waals surface area contributed by atoms with E-state index in [4.69, 9.17) is 5.84 Å². The van der Waals surface area contributed by atoms with E-state index < -0.39 is 10.8 Å². The number of nitro groups is 1. The summed E-state index contributed by atoms with van der Waals surface area (Å²) >= 11 is 0. The van der Waals surface area contributed by atoms with E-state index in [1.165, 1.54) is 18.2 Å². The highest BCUT2D eigenvalue weighted by molar-refractivity contribution is 6.00. The van der Waals surface area contributed by atoms with Crippen molar-refractivity contribution in [3.8, 4) is 0 Å². The van der Waals surface area contributed by atoms with Crippen molar-refractivity contribution in [3.63, 3.8) is 0 Å². The second kappa shape index (κ2) is 7.80. The van der Waals surface area contributed by atoms with Crippen molar-refractivity contribution in [2.45, 2.75) is 13.3 Å². The van der Waals surface area contributed by atoms with Gasteiger partial charge in [-0.3, -0.25) is 25.5 Å². The smallest absolute Gasteiger partial charge is 0.282 e. The van der Waals surface area contributed by atoms with Crippen molar-refractivity contribution in [2.75, 3.05) is 18.5 Å². The molecule has 0 fully saturated rings. The summed E-state index contributed by atoms with van der Waals surface area (Å²) in [7, 11) is 0. The van der Waals surface area contributed by atoms with Crippen LogP contribution in [0.15, 0.2) is 18.2 Å². The first kappa shape index (κ1) is 16.4. The van der Waals surface area contributed by atoms with Crippen LogP contribution in [0.25, 0.3) is 0 Å². The van der Waals surface area contributed by atoms with Gasteiger partial charge in [0.05, 0.1) is 11.5 Å². The number of nitro benzene ring substituents is 1. The van der Waals surface area contributed by atoms with Gasteiger partial charge in [-0.05, 0) is 18.6 Å². The normalized spacial score (nSPS) is 9.81. The molecule has 0 heterocycles. The second-order valence-corrected chi connectivity index (χ2v) is 4.17. The number of hydrogen-bond donors (Lipinski definition) is 4. The second-order valence-electron chi connectivity index (χ2n) is 4.17. The Bertz CT molecular complexity index is 546. The van der Waals surface area contributed by atoms with Crippen LogP contribution in [-0.4, -0.2) is 29.8 Å². The Labute approximate surface area is 121 Å². The quantitative estimate of drug-likeness (QED) is 0.320. The Morgan fingerprint density at radius 1 is 1.33 bits per heavy atom. The van der Waals surface area contributed by atoms with E-state index in [-0.39, 0.29) is 23.7 Å².